The topological polar surface area (TPSA) is 123 Å². The van der Waals surface area contributed by atoms with Gasteiger partial charge in [-0.1, -0.05) is 5.21 Å². The number of nitro groups is 1. The Morgan fingerprint density at radius 1 is 1.48 bits per heavy atom. The van der Waals surface area contributed by atoms with Crippen LogP contribution in [0.2, 0.25) is 0 Å². The Morgan fingerprint density at radius 3 is 2.90 bits per heavy atom. The zero-order valence-corrected chi connectivity index (χ0v) is 11.0. The molecule has 0 unspecified atom stereocenters. The van der Waals surface area contributed by atoms with Crippen molar-refractivity contribution in [2.24, 2.45) is 0 Å². The van der Waals surface area contributed by atoms with E-state index in [0.717, 1.165) is 0 Å². The normalized spacial score (nSPS) is 10.3. The fourth-order valence-corrected chi connectivity index (χ4v) is 1.79. The van der Waals surface area contributed by atoms with Crippen molar-refractivity contribution < 1.29 is 14.8 Å². The summed E-state index contributed by atoms with van der Waals surface area (Å²) < 4.78 is 1.65. The van der Waals surface area contributed by atoms with Crippen LogP contribution in [-0.4, -0.2) is 37.5 Å². The van der Waals surface area contributed by atoms with E-state index in [9.17, 15) is 14.9 Å². The minimum Gasteiger partial charge on any atom is -0.478 e. The van der Waals surface area contributed by atoms with Crippen molar-refractivity contribution in [3.63, 3.8) is 0 Å². The molecule has 0 aliphatic rings. The van der Waals surface area contributed by atoms with Crippen LogP contribution in [0.5, 0.6) is 0 Å². The third-order valence-electron chi connectivity index (χ3n) is 2.80. The molecular formula is C12H13N5O4. The summed E-state index contributed by atoms with van der Waals surface area (Å²) in [6, 6.07) is 3.61. The fourth-order valence-electron chi connectivity index (χ4n) is 1.79. The van der Waals surface area contributed by atoms with Gasteiger partial charge in [0.1, 0.15) is 0 Å². The number of anilines is 1. The van der Waals surface area contributed by atoms with Gasteiger partial charge in [0.05, 0.1) is 22.4 Å². The van der Waals surface area contributed by atoms with Crippen LogP contribution in [0, 0.1) is 10.1 Å². The SMILES string of the molecule is O=C(O)c1ccc([N+](=O)[O-])cc1NCCCn1ccnn1. The summed E-state index contributed by atoms with van der Waals surface area (Å²) in [6.07, 6.45) is 3.96. The van der Waals surface area contributed by atoms with E-state index in [-0.39, 0.29) is 16.9 Å². The zero-order chi connectivity index (χ0) is 15.2. The van der Waals surface area contributed by atoms with Crippen LogP contribution in [0.4, 0.5) is 11.4 Å². The Labute approximate surface area is 119 Å². The van der Waals surface area contributed by atoms with Crippen molar-refractivity contribution in [3.05, 3.63) is 46.3 Å². The second kappa shape index (κ2) is 6.46. The van der Waals surface area contributed by atoms with Gasteiger partial charge in [0.15, 0.2) is 0 Å². The summed E-state index contributed by atoms with van der Waals surface area (Å²) in [5, 5.41) is 30.2. The van der Waals surface area contributed by atoms with Gasteiger partial charge in [-0.25, -0.2) is 4.79 Å². The van der Waals surface area contributed by atoms with E-state index >= 15 is 0 Å². The van der Waals surface area contributed by atoms with Gasteiger partial charge in [-0.3, -0.25) is 14.8 Å². The first kappa shape index (κ1) is 14.4. The van der Waals surface area contributed by atoms with Gasteiger partial charge in [0.2, 0.25) is 0 Å². The quantitative estimate of drug-likeness (QED) is 0.448. The Kier molecular flexibility index (Phi) is 4.44. The van der Waals surface area contributed by atoms with Crippen LogP contribution >= 0.6 is 0 Å². The second-order valence-corrected chi connectivity index (χ2v) is 4.24. The Hall–Kier alpha value is -2.97. The number of rotatable bonds is 7. The van der Waals surface area contributed by atoms with Crippen LogP contribution in [-0.2, 0) is 6.54 Å². The van der Waals surface area contributed by atoms with Crippen molar-refractivity contribution in [2.45, 2.75) is 13.0 Å². The van der Waals surface area contributed by atoms with Crippen molar-refractivity contribution in [1.82, 2.24) is 15.0 Å². The summed E-state index contributed by atoms with van der Waals surface area (Å²) >= 11 is 0. The van der Waals surface area contributed by atoms with Gasteiger partial charge in [-0.15, -0.1) is 5.10 Å². The monoisotopic (exact) mass is 291 g/mol. The highest BCUT2D eigenvalue weighted by Crippen LogP contribution is 2.22. The number of nitro benzene ring substituents is 1. The van der Waals surface area contributed by atoms with Crippen molar-refractivity contribution in [2.75, 3.05) is 11.9 Å². The first-order valence-corrected chi connectivity index (χ1v) is 6.17. The average Bonchev–Trinajstić information content (AvgIpc) is 2.96. The lowest BCUT2D eigenvalue weighted by atomic mass is 10.1. The second-order valence-electron chi connectivity index (χ2n) is 4.24. The first-order chi connectivity index (χ1) is 10.1. The van der Waals surface area contributed by atoms with Gasteiger partial charge in [0.25, 0.3) is 5.69 Å². The lowest BCUT2D eigenvalue weighted by molar-refractivity contribution is -0.384. The van der Waals surface area contributed by atoms with Crippen molar-refractivity contribution in [1.29, 1.82) is 0 Å². The molecule has 0 aliphatic carbocycles. The molecule has 0 saturated heterocycles. The molecule has 1 heterocycles. The van der Waals surface area contributed by atoms with E-state index < -0.39 is 10.9 Å². The van der Waals surface area contributed by atoms with Crippen molar-refractivity contribution in [3.8, 4) is 0 Å². The summed E-state index contributed by atoms with van der Waals surface area (Å²) in [5.74, 6) is -1.14. The molecule has 21 heavy (non-hydrogen) atoms. The van der Waals surface area contributed by atoms with E-state index in [1.165, 1.54) is 18.2 Å². The van der Waals surface area contributed by atoms with Gasteiger partial charge >= 0.3 is 5.97 Å². The molecule has 0 saturated carbocycles. The number of carbonyl (C=O) groups is 1. The van der Waals surface area contributed by atoms with E-state index in [1.54, 1.807) is 17.1 Å². The number of non-ortho nitro benzene ring substituents is 1. The zero-order valence-electron chi connectivity index (χ0n) is 11.0. The molecule has 2 rings (SSSR count). The Bertz CT molecular complexity index is 641. The molecule has 2 N–H and O–H groups in total. The van der Waals surface area contributed by atoms with Crippen molar-refractivity contribution >= 4 is 17.3 Å². The standard InChI is InChI=1S/C12H13N5O4/c18-12(19)10-3-2-9(17(20)21)8-11(10)13-4-1-6-16-7-5-14-15-16/h2-3,5,7-8,13H,1,4,6H2,(H,18,19). The largest absolute Gasteiger partial charge is 0.478 e. The molecule has 9 heteroatoms. The Morgan fingerprint density at radius 2 is 2.29 bits per heavy atom. The van der Waals surface area contributed by atoms with Crippen LogP contribution in [0.1, 0.15) is 16.8 Å². The molecule has 110 valence electrons. The number of aromatic nitrogens is 3. The number of aryl methyl sites for hydroxylation is 1. The Balaban J connectivity index is 2.01. The molecule has 0 atom stereocenters. The molecule has 2 aromatic rings. The first-order valence-electron chi connectivity index (χ1n) is 6.17. The maximum atomic E-state index is 11.1. The molecular weight excluding hydrogens is 278 g/mol. The molecule has 0 bridgehead atoms. The molecule has 1 aromatic carbocycles. The smallest absolute Gasteiger partial charge is 0.337 e. The highest BCUT2D eigenvalue weighted by atomic mass is 16.6. The van der Waals surface area contributed by atoms with E-state index in [1.807, 2.05) is 0 Å². The van der Waals surface area contributed by atoms with E-state index in [4.69, 9.17) is 5.11 Å². The van der Waals surface area contributed by atoms with Crippen LogP contribution in [0.15, 0.2) is 30.6 Å². The minimum atomic E-state index is -1.14. The molecule has 0 spiro atoms. The van der Waals surface area contributed by atoms with Gasteiger partial charge in [-0.05, 0) is 12.5 Å². The highest BCUT2D eigenvalue weighted by molar-refractivity contribution is 5.94. The van der Waals surface area contributed by atoms with Crippen LogP contribution in [0.3, 0.4) is 0 Å². The maximum absolute atomic E-state index is 11.1. The minimum absolute atomic E-state index is 0.00126. The van der Waals surface area contributed by atoms with Crippen LogP contribution < -0.4 is 5.32 Å². The summed E-state index contributed by atoms with van der Waals surface area (Å²) in [7, 11) is 0. The maximum Gasteiger partial charge on any atom is 0.337 e. The highest BCUT2D eigenvalue weighted by Gasteiger charge is 2.14. The molecule has 0 aliphatic heterocycles. The predicted molar refractivity (Wildman–Crippen MR) is 73.2 cm³/mol. The number of nitrogens with one attached hydrogen (secondary N) is 1. The lowest BCUT2D eigenvalue weighted by Gasteiger charge is -2.09. The fraction of sp³-hybridized carbons (Fsp3) is 0.250. The number of carboxylic acids is 1. The predicted octanol–water partition coefficient (Wildman–Crippen LogP) is 1.39. The van der Waals surface area contributed by atoms with Crippen LogP contribution in [0.25, 0.3) is 0 Å². The average molecular weight is 291 g/mol. The van der Waals surface area contributed by atoms with E-state index in [0.29, 0.717) is 19.5 Å². The summed E-state index contributed by atoms with van der Waals surface area (Å²) in [4.78, 5) is 21.3. The third kappa shape index (κ3) is 3.75. The molecule has 0 radical (unpaired) electrons. The summed E-state index contributed by atoms with van der Waals surface area (Å²) in [5.41, 5.74) is 0.0791. The number of carboxylic acid groups (broad SMARTS) is 1. The number of hydrogen-bond acceptors (Lipinski definition) is 6. The summed E-state index contributed by atoms with van der Waals surface area (Å²) in [6.45, 7) is 1.08. The number of hydrogen-bond donors (Lipinski definition) is 2. The molecule has 0 fully saturated rings. The van der Waals surface area contributed by atoms with E-state index in [2.05, 4.69) is 15.6 Å². The third-order valence-corrected chi connectivity index (χ3v) is 2.80. The molecule has 0 amide bonds. The van der Waals surface area contributed by atoms with Gasteiger partial charge in [-0.2, -0.15) is 0 Å². The molecule has 9 nitrogen and oxygen atoms in total. The lowest BCUT2D eigenvalue weighted by Crippen LogP contribution is -2.10. The van der Waals surface area contributed by atoms with Gasteiger partial charge < -0.3 is 10.4 Å². The number of benzene rings is 1. The van der Waals surface area contributed by atoms with Gasteiger partial charge in [0, 0.05) is 31.4 Å². The number of nitrogens with zero attached hydrogens (tertiary/aromatic N) is 4. The number of aromatic carboxylic acids is 1. The molecule has 1 aromatic heterocycles.